The lowest BCUT2D eigenvalue weighted by atomic mass is 10.2. The molecule has 0 saturated carbocycles. The van der Waals surface area contributed by atoms with Gasteiger partial charge in [0, 0.05) is 18.5 Å². The molecule has 0 amide bonds. The monoisotopic (exact) mass is 373 g/mol. The van der Waals surface area contributed by atoms with Crippen molar-refractivity contribution >= 4 is 10.0 Å². The normalized spacial score (nSPS) is 13.1. The Morgan fingerprint density at radius 3 is 2.69 bits per heavy atom. The minimum Gasteiger partial charge on any atom is -0.454 e. The molecule has 0 bridgehead atoms. The average molecular weight is 373 g/mol. The lowest BCUT2D eigenvalue weighted by Gasteiger charge is -2.04. The number of benzene rings is 2. The van der Waals surface area contributed by atoms with E-state index >= 15 is 0 Å². The van der Waals surface area contributed by atoms with Crippen LogP contribution in [0, 0.1) is 0 Å². The molecule has 0 unspecified atom stereocenters. The summed E-state index contributed by atoms with van der Waals surface area (Å²) in [5.41, 5.74) is 0.731. The first-order valence-electron chi connectivity index (χ1n) is 7.89. The molecule has 0 fully saturated rings. The van der Waals surface area contributed by atoms with Gasteiger partial charge in [0.15, 0.2) is 11.5 Å². The summed E-state index contributed by atoms with van der Waals surface area (Å²) in [5.74, 6) is 2.05. The molecule has 0 atom stereocenters. The molecular weight excluding hydrogens is 358 g/mol. The molecular formula is C17H15N3O5S. The summed E-state index contributed by atoms with van der Waals surface area (Å²) in [6.45, 7) is 0.345. The van der Waals surface area contributed by atoms with E-state index in [2.05, 4.69) is 14.9 Å². The van der Waals surface area contributed by atoms with Crippen LogP contribution in [-0.4, -0.2) is 31.9 Å². The summed E-state index contributed by atoms with van der Waals surface area (Å²) in [6.07, 6.45) is 0.281. The summed E-state index contributed by atoms with van der Waals surface area (Å²) < 4.78 is 42.6. The van der Waals surface area contributed by atoms with Crippen LogP contribution in [0.25, 0.3) is 11.4 Å². The lowest BCUT2D eigenvalue weighted by Crippen LogP contribution is -2.26. The Labute approximate surface area is 149 Å². The fourth-order valence-corrected chi connectivity index (χ4v) is 3.54. The molecule has 2 aromatic carbocycles. The van der Waals surface area contributed by atoms with Gasteiger partial charge in [-0.05, 0) is 30.3 Å². The Bertz CT molecular complexity index is 1020. The van der Waals surface area contributed by atoms with E-state index in [-0.39, 0.29) is 24.7 Å². The number of sulfonamides is 1. The molecule has 9 heteroatoms. The van der Waals surface area contributed by atoms with Crippen LogP contribution in [0.1, 0.15) is 5.89 Å². The number of hydrogen-bond acceptors (Lipinski definition) is 7. The number of nitrogens with one attached hydrogen (secondary N) is 1. The van der Waals surface area contributed by atoms with Gasteiger partial charge in [0.1, 0.15) is 0 Å². The first-order chi connectivity index (χ1) is 12.6. The number of nitrogens with zero attached hydrogens (tertiary/aromatic N) is 2. The van der Waals surface area contributed by atoms with Crippen molar-refractivity contribution in [1.29, 1.82) is 0 Å². The van der Waals surface area contributed by atoms with Gasteiger partial charge in [-0.3, -0.25) is 0 Å². The summed E-state index contributed by atoms with van der Waals surface area (Å²) in [5, 5.41) is 3.93. The summed E-state index contributed by atoms with van der Waals surface area (Å²) in [4.78, 5) is 4.50. The molecule has 8 nitrogen and oxygen atoms in total. The van der Waals surface area contributed by atoms with Gasteiger partial charge in [0.2, 0.25) is 28.5 Å². The standard InChI is InChI=1S/C17H15N3O5S/c21-26(22,13-4-2-1-3-5-13)18-9-8-16-19-17(20-25-16)12-6-7-14-15(10-12)24-11-23-14/h1-7,10,18H,8-9,11H2. The van der Waals surface area contributed by atoms with Gasteiger partial charge in [-0.1, -0.05) is 23.4 Å². The summed E-state index contributed by atoms with van der Waals surface area (Å²) in [7, 11) is -3.55. The highest BCUT2D eigenvalue weighted by Gasteiger charge is 2.17. The molecule has 4 rings (SSSR count). The Morgan fingerprint density at radius 1 is 1.04 bits per heavy atom. The van der Waals surface area contributed by atoms with Crippen molar-refractivity contribution in [2.45, 2.75) is 11.3 Å². The van der Waals surface area contributed by atoms with Crippen molar-refractivity contribution in [1.82, 2.24) is 14.9 Å². The maximum atomic E-state index is 12.2. The average Bonchev–Trinajstić information content (AvgIpc) is 3.31. The molecule has 0 saturated heterocycles. The van der Waals surface area contributed by atoms with E-state index in [1.807, 2.05) is 0 Å². The molecule has 2 heterocycles. The Kier molecular flexibility index (Phi) is 4.31. The lowest BCUT2D eigenvalue weighted by molar-refractivity contribution is 0.174. The van der Waals surface area contributed by atoms with E-state index in [0.29, 0.717) is 23.2 Å². The molecule has 134 valence electrons. The minimum atomic E-state index is -3.55. The van der Waals surface area contributed by atoms with Gasteiger partial charge in [0.05, 0.1) is 4.90 Å². The predicted molar refractivity (Wildman–Crippen MR) is 91.2 cm³/mol. The summed E-state index contributed by atoms with van der Waals surface area (Å²) >= 11 is 0. The molecule has 1 aliphatic rings. The molecule has 26 heavy (non-hydrogen) atoms. The zero-order chi connectivity index (χ0) is 18.0. The van der Waals surface area contributed by atoms with E-state index < -0.39 is 10.0 Å². The van der Waals surface area contributed by atoms with Crippen molar-refractivity contribution in [2.24, 2.45) is 0 Å². The number of hydrogen-bond donors (Lipinski definition) is 1. The second-order valence-corrected chi connectivity index (χ2v) is 7.31. The predicted octanol–water partition coefficient (Wildman–Crippen LogP) is 1.99. The first-order valence-corrected chi connectivity index (χ1v) is 9.37. The zero-order valence-electron chi connectivity index (χ0n) is 13.6. The van der Waals surface area contributed by atoms with Crippen molar-refractivity contribution in [3.63, 3.8) is 0 Å². The molecule has 3 aromatic rings. The second kappa shape index (κ2) is 6.77. The fraction of sp³-hybridized carbons (Fsp3) is 0.176. The third-order valence-corrected chi connectivity index (χ3v) is 5.26. The SMILES string of the molecule is O=S(=O)(NCCc1nc(-c2ccc3c(c2)OCO3)no1)c1ccccc1. The van der Waals surface area contributed by atoms with Crippen LogP contribution in [-0.2, 0) is 16.4 Å². The van der Waals surface area contributed by atoms with E-state index in [1.165, 1.54) is 12.1 Å². The second-order valence-electron chi connectivity index (χ2n) is 5.54. The van der Waals surface area contributed by atoms with Crippen LogP contribution in [0.5, 0.6) is 11.5 Å². The molecule has 1 aliphatic heterocycles. The number of fused-ring (bicyclic) bond motifs is 1. The highest BCUT2D eigenvalue weighted by Crippen LogP contribution is 2.35. The summed E-state index contributed by atoms with van der Waals surface area (Å²) in [6, 6.07) is 13.5. The van der Waals surface area contributed by atoms with E-state index in [0.717, 1.165) is 5.56 Å². The van der Waals surface area contributed by atoms with Gasteiger partial charge in [-0.2, -0.15) is 4.98 Å². The van der Waals surface area contributed by atoms with E-state index in [9.17, 15) is 8.42 Å². The Morgan fingerprint density at radius 2 is 1.85 bits per heavy atom. The first kappa shape index (κ1) is 16.6. The Balaban J connectivity index is 1.40. The van der Waals surface area contributed by atoms with Crippen molar-refractivity contribution in [2.75, 3.05) is 13.3 Å². The molecule has 1 N–H and O–H groups in total. The van der Waals surface area contributed by atoms with Gasteiger partial charge >= 0.3 is 0 Å². The highest BCUT2D eigenvalue weighted by atomic mass is 32.2. The van der Waals surface area contributed by atoms with E-state index in [1.54, 1.807) is 36.4 Å². The van der Waals surface area contributed by atoms with Gasteiger partial charge in [0.25, 0.3) is 0 Å². The quantitative estimate of drug-likeness (QED) is 0.705. The van der Waals surface area contributed by atoms with Crippen LogP contribution in [0.2, 0.25) is 0 Å². The molecule has 1 aromatic heterocycles. The van der Waals surface area contributed by atoms with Crippen LogP contribution >= 0.6 is 0 Å². The van der Waals surface area contributed by atoms with Crippen molar-refractivity contribution in [3.05, 3.63) is 54.4 Å². The zero-order valence-corrected chi connectivity index (χ0v) is 14.4. The molecule has 0 aliphatic carbocycles. The van der Waals surface area contributed by atoms with Gasteiger partial charge < -0.3 is 14.0 Å². The van der Waals surface area contributed by atoms with Crippen LogP contribution in [0.3, 0.4) is 0 Å². The van der Waals surface area contributed by atoms with Crippen LogP contribution in [0.15, 0.2) is 57.9 Å². The van der Waals surface area contributed by atoms with Crippen molar-refractivity contribution in [3.8, 4) is 22.9 Å². The smallest absolute Gasteiger partial charge is 0.240 e. The van der Waals surface area contributed by atoms with Gasteiger partial charge in [-0.25, -0.2) is 13.1 Å². The van der Waals surface area contributed by atoms with Gasteiger partial charge in [-0.15, -0.1) is 0 Å². The van der Waals surface area contributed by atoms with Crippen molar-refractivity contribution < 1.29 is 22.4 Å². The third kappa shape index (κ3) is 3.39. The third-order valence-electron chi connectivity index (χ3n) is 3.78. The minimum absolute atomic E-state index is 0.153. The van der Waals surface area contributed by atoms with E-state index in [4.69, 9.17) is 14.0 Å². The van der Waals surface area contributed by atoms with Crippen LogP contribution < -0.4 is 14.2 Å². The van der Waals surface area contributed by atoms with Crippen LogP contribution in [0.4, 0.5) is 0 Å². The Hall–Kier alpha value is -2.91. The fourth-order valence-electron chi connectivity index (χ4n) is 2.48. The topological polar surface area (TPSA) is 104 Å². The largest absolute Gasteiger partial charge is 0.454 e. The highest BCUT2D eigenvalue weighted by molar-refractivity contribution is 7.89. The maximum absolute atomic E-state index is 12.2. The number of aromatic nitrogens is 2. The molecule has 0 spiro atoms. The number of ether oxygens (including phenoxy) is 2. The number of rotatable bonds is 6. The maximum Gasteiger partial charge on any atom is 0.240 e. The molecule has 0 radical (unpaired) electrons.